The summed E-state index contributed by atoms with van der Waals surface area (Å²) in [6, 6.07) is 68.6. The molecule has 0 aliphatic rings. The topological polar surface area (TPSA) is 176 Å². The molecule has 12 nitrogen and oxygen atoms in total. The third kappa shape index (κ3) is 37.1. The molecule has 0 bridgehead atoms. The first kappa shape index (κ1) is 74.2. The standard InChI is InChI=1S/C19H18Si.C10H16Si.C9H6N2.C7H6F2.C7H8.3C6H7N.2C5H6N2.C4H5N3/c1-20(17-11-5-2-6-12-17,18-13-7-3-8-14-18)19-15-9-4-10-16-19;1-9-5-7-10(8-6-9)11(2,3)4;1-7-2-8(5-10)4-9(3-7)6-11;1-5-2-6(8)4-7(9)3-5;1-7-5-3-2-4-6-7;1-6-2-4-7-5-3-6;1-6-3-2-4-7-5-6;1-6-4-2-3-5-7-6;1-5-2-6-4-7-3-5;1-5-6-3-2-4-7-5;1-4-6-2-5-3-7-4/h2-16H,1H3;5-8H,1-4H3;2-4H,1H3;2-4H,1H3;2-6H,1H3;3*2-5H,1H3;2*2-4H,1H3;2-3H,1H3/i;;;;2D,3D,4D,5D,6D;;;;;;. The molecular formula is C84H92F2N12Si2. The molecule has 510 valence electrons. The van der Waals surface area contributed by atoms with E-state index >= 15 is 0 Å². The fraction of sp³-hybridized carbons (Fsp3) is 0.167. The van der Waals surface area contributed by atoms with Crippen molar-refractivity contribution in [3.8, 4) is 12.1 Å². The van der Waals surface area contributed by atoms with Crippen molar-refractivity contribution in [2.75, 3.05) is 0 Å². The monoisotopic (exact) mass is 1370 g/mol. The first-order valence-corrected chi connectivity index (χ1v) is 37.9. The number of pyridine rings is 3. The van der Waals surface area contributed by atoms with E-state index in [1.165, 1.54) is 70.3 Å². The van der Waals surface area contributed by atoms with E-state index in [0.717, 1.165) is 34.5 Å². The lowest BCUT2D eigenvalue weighted by Gasteiger charge is -2.29. The first-order chi connectivity index (χ1) is 50.1. The fourth-order valence-electron chi connectivity index (χ4n) is 8.15. The van der Waals surface area contributed by atoms with Gasteiger partial charge in [-0.25, -0.2) is 43.7 Å². The molecule has 6 aromatic heterocycles. The van der Waals surface area contributed by atoms with Crippen LogP contribution in [-0.4, -0.2) is 66.0 Å². The van der Waals surface area contributed by atoms with Gasteiger partial charge < -0.3 is 0 Å². The molecule has 16 heteroatoms. The molecule has 0 spiro atoms. The van der Waals surface area contributed by atoms with E-state index in [0.29, 0.717) is 22.3 Å². The summed E-state index contributed by atoms with van der Waals surface area (Å²) >= 11 is 0. The van der Waals surface area contributed by atoms with Crippen molar-refractivity contribution in [1.82, 2.24) is 49.8 Å². The lowest BCUT2D eigenvalue weighted by atomic mass is 10.1. The maximum absolute atomic E-state index is 12.2. The highest BCUT2D eigenvalue weighted by atomic mass is 28.3. The zero-order valence-electron chi connectivity index (χ0n) is 64.6. The molecule has 0 aliphatic carbocycles. The number of aromatic nitrogens is 10. The maximum atomic E-state index is 12.2. The minimum atomic E-state index is -1.88. The molecule has 0 atom stereocenters. The van der Waals surface area contributed by atoms with Crippen molar-refractivity contribution in [3.63, 3.8) is 0 Å². The summed E-state index contributed by atoms with van der Waals surface area (Å²) in [5.74, 6) is 0.539. The van der Waals surface area contributed by atoms with Gasteiger partial charge >= 0.3 is 0 Å². The van der Waals surface area contributed by atoms with Crippen LogP contribution in [0.3, 0.4) is 0 Å². The summed E-state index contributed by atoms with van der Waals surface area (Å²) in [6.45, 7) is 28.4. The molecule has 13 aromatic rings. The van der Waals surface area contributed by atoms with Crippen LogP contribution in [0.2, 0.25) is 26.2 Å². The highest BCUT2D eigenvalue weighted by Gasteiger charge is 2.33. The quantitative estimate of drug-likeness (QED) is 0.121. The average Bonchev–Trinajstić information content (AvgIpc) is 1.07. The van der Waals surface area contributed by atoms with Gasteiger partial charge in [-0.05, 0) is 179 Å². The molecule has 7 aromatic carbocycles. The molecule has 0 aliphatic heterocycles. The van der Waals surface area contributed by atoms with Crippen LogP contribution in [0.4, 0.5) is 8.78 Å². The predicted molar refractivity (Wildman–Crippen MR) is 412 cm³/mol. The Balaban J connectivity index is 0.000000306. The molecule has 0 unspecified atom stereocenters. The average molecular weight is 1370 g/mol. The van der Waals surface area contributed by atoms with Crippen molar-refractivity contribution in [1.29, 1.82) is 10.5 Å². The van der Waals surface area contributed by atoms with Gasteiger partial charge in [-0.2, -0.15) is 10.5 Å². The largest absolute Gasteiger partial charge is 0.265 e. The van der Waals surface area contributed by atoms with Crippen LogP contribution in [0, 0.1) is 104 Å². The van der Waals surface area contributed by atoms with Crippen LogP contribution in [0.5, 0.6) is 0 Å². The molecular weight excluding hydrogens is 1270 g/mol. The van der Waals surface area contributed by atoms with Crippen molar-refractivity contribution < 1.29 is 15.6 Å². The number of hydrogen-bond acceptors (Lipinski definition) is 12. The number of hydrogen-bond donors (Lipinski definition) is 0. The molecule has 0 radical (unpaired) electrons. The minimum absolute atomic E-state index is 0.124. The van der Waals surface area contributed by atoms with Crippen LogP contribution >= 0.6 is 0 Å². The normalized spacial score (nSPS) is 10.3. The number of rotatable bonds is 4. The zero-order valence-corrected chi connectivity index (χ0v) is 61.6. The van der Waals surface area contributed by atoms with E-state index in [9.17, 15) is 8.78 Å². The minimum Gasteiger partial charge on any atom is -0.265 e. The van der Waals surface area contributed by atoms with E-state index in [2.05, 4.69) is 198 Å². The van der Waals surface area contributed by atoms with Crippen LogP contribution in [0.1, 0.15) is 74.3 Å². The van der Waals surface area contributed by atoms with Gasteiger partial charge in [-0.15, -0.1) is 0 Å². The molecule has 6 heterocycles. The SMILES string of the molecule is C[Si](c1ccccc1)(c1ccccc1)c1ccccc1.Cc1cc(C#N)cc(C#N)c1.Cc1cc(F)cc(F)c1.Cc1ccc([Si](C)(C)C)cc1.Cc1ccccn1.Cc1cccnc1.Cc1ccncc1.Cc1cncnc1.Cc1ncccn1.Cc1ncncn1.[2H]c1c([2H])c([2H])c(C)c([2H])c1[2H]. The Morgan fingerprint density at radius 2 is 0.780 bits per heavy atom. The van der Waals surface area contributed by atoms with Gasteiger partial charge in [-0.3, -0.25) is 15.0 Å². The van der Waals surface area contributed by atoms with Crippen LogP contribution in [0.15, 0.2) is 305 Å². The van der Waals surface area contributed by atoms with Gasteiger partial charge in [0.15, 0.2) is 0 Å². The Morgan fingerprint density at radius 3 is 1.10 bits per heavy atom. The number of nitriles is 2. The molecule has 0 saturated heterocycles. The summed E-state index contributed by atoms with van der Waals surface area (Å²) in [6.07, 6.45) is 20.4. The van der Waals surface area contributed by atoms with E-state index in [1.54, 1.807) is 86.0 Å². The lowest BCUT2D eigenvalue weighted by Crippen LogP contribution is -2.64. The summed E-state index contributed by atoms with van der Waals surface area (Å²) in [4.78, 5) is 38.1. The Morgan fingerprint density at radius 1 is 0.330 bits per heavy atom. The number of aryl methyl sites for hydroxylation is 9. The Labute approximate surface area is 601 Å². The maximum Gasteiger partial charge on any atom is 0.145 e. The van der Waals surface area contributed by atoms with Crippen molar-refractivity contribution in [3.05, 3.63) is 384 Å². The molecule has 0 N–H and O–H groups in total. The van der Waals surface area contributed by atoms with Crippen molar-refractivity contribution in [2.24, 2.45) is 0 Å². The van der Waals surface area contributed by atoms with Gasteiger partial charge in [0.25, 0.3) is 0 Å². The smallest absolute Gasteiger partial charge is 0.145 e. The second-order valence-electron chi connectivity index (χ2n) is 23.3. The predicted octanol–water partition coefficient (Wildman–Crippen LogP) is 17.3. The third-order valence-corrected chi connectivity index (χ3v) is 19.9. The Kier molecular flexibility index (Phi) is 35.8. The molecule has 0 amide bonds. The summed E-state index contributed by atoms with van der Waals surface area (Å²) in [7, 11) is -2.93. The fourth-order valence-corrected chi connectivity index (χ4v) is 12.9. The number of halogens is 2. The van der Waals surface area contributed by atoms with Gasteiger partial charge in [0.1, 0.15) is 50.3 Å². The highest BCUT2D eigenvalue weighted by Crippen LogP contribution is 2.10. The highest BCUT2D eigenvalue weighted by molar-refractivity contribution is 7.10. The van der Waals surface area contributed by atoms with Crippen LogP contribution < -0.4 is 20.7 Å². The van der Waals surface area contributed by atoms with Gasteiger partial charge in [0.2, 0.25) is 0 Å². The summed E-state index contributed by atoms with van der Waals surface area (Å²) < 4.78 is 60.7. The second-order valence-corrected chi connectivity index (χ2v) is 32.3. The van der Waals surface area contributed by atoms with Crippen LogP contribution in [0.25, 0.3) is 0 Å². The summed E-state index contributed by atoms with van der Waals surface area (Å²) in [5.41, 5.74) is 8.92. The van der Waals surface area contributed by atoms with Gasteiger partial charge in [0, 0.05) is 67.5 Å². The van der Waals surface area contributed by atoms with Crippen molar-refractivity contribution >= 4 is 36.9 Å². The van der Waals surface area contributed by atoms with Crippen LogP contribution in [-0.2, 0) is 0 Å². The van der Waals surface area contributed by atoms with E-state index in [-0.39, 0.29) is 30.2 Å². The van der Waals surface area contributed by atoms with E-state index < -0.39 is 27.8 Å². The Hall–Kier alpha value is -11.6. The number of benzene rings is 7. The van der Waals surface area contributed by atoms with E-state index in [4.69, 9.17) is 17.4 Å². The third-order valence-electron chi connectivity index (χ3n) is 13.4. The molecule has 100 heavy (non-hydrogen) atoms. The Bertz CT molecular complexity index is 4050. The molecule has 13 rings (SSSR count). The first-order valence-electron chi connectivity index (χ1n) is 34.4. The second kappa shape index (κ2) is 48.2. The molecule has 0 fully saturated rings. The zero-order chi connectivity index (χ0) is 77.6. The van der Waals surface area contributed by atoms with E-state index in [1.807, 2.05) is 109 Å². The van der Waals surface area contributed by atoms with Gasteiger partial charge in [0.05, 0.1) is 38.2 Å². The number of nitrogens with zero attached hydrogens (tertiary/aromatic N) is 12. The molecule has 0 saturated carbocycles. The van der Waals surface area contributed by atoms with Gasteiger partial charge in [-0.1, -0.05) is 200 Å². The summed E-state index contributed by atoms with van der Waals surface area (Å²) in [5, 5.41) is 23.0. The lowest BCUT2D eigenvalue weighted by molar-refractivity contribution is 0.581. The van der Waals surface area contributed by atoms with Crippen molar-refractivity contribution in [2.45, 2.75) is 95.4 Å².